The first kappa shape index (κ1) is 23.2. The normalized spacial score (nSPS) is 16.2. The number of rotatable bonds is 6. The van der Waals surface area contributed by atoms with E-state index in [1.165, 1.54) is 34.6 Å². The summed E-state index contributed by atoms with van der Waals surface area (Å²) < 4.78 is 50.9. The molecule has 0 aliphatic carbocycles. The Balaban J connectivity index is 1.69. The molecule has 1 amide bonds. The largest absolute Gasteiger partial charge is 0.321 e. The van der Waals surface area contributed by atoms with Gasteiger partial charge in [-0.2, -0.15) is 4.31 Å². The molecule has 0 radical (unpaired) electrons. The smallest absolute Gasteiger partial charge is 0.248 e. The van der Waals surface area contributed by atoms with Crippen LogP contribution in [0.3, 0.4) is 0 Å². The van der Waals surface area contributed by atoms with Crippen molar-refractivity contribution in [3.8, 4) is 0 Å². The van der Waals surface area contributed by atoms with E-state index in [0.717, 1.165) is 31.9 Å². The quantitative estimate of drug-likeness (QED) is 0.664. The van der Waals surface area contributed by atoms with Crippen molar-refractivity contribution in [3.05, 3.63) is 60.2 Å². The zero-order chi connectivity index (χ0) is 22.5. The number of hydrogen-bond acceptors (Lipinski definition) is 5. The van der Waals surface area contributed by atoms with Gasteiger partial charge in [0.05, 0.1) is 15.5 Å². The first-order chi connectivity index (χ1) is 14.7. The van der Waals surface area contributed by atoms with Gasteiger partial charge in [-0.05, 0) is 48.7 Å². The fraction of sp³-hybridized carbons (Fsp3) is 0.318. The Morgan fingerprint density at radius 1 is 0.903 bits per heavy atom. The summed E-state index contributed by atoms with van der Waals surface area (Å²) in [5.74, 6) is -0.489. The summed E-state index contributed by atoms with van der Waals surface area (Å²) >= 11 is 0. The highest BCUT2D eigenvalue weighted by Crippen LogP contribution is 2.22. The summed E-state index contributed by atoms with van der Waals surface area (Å²) in [5.41, 5.74) is 0.861. The zero-order valence-electron chi connectivity index (χ0n) is 17.3. The summed E-state index contributed by atoms with van der Waals surface area (Å²) in [4.78, 5) is 12.5. The van der Waals surface area contributed by atoms with Gasteiger partial charge in [0.25, 0.3) is 0 Å². The van der Waals surface area contributed by atoms with Gasteiger partial charge in [0.15, 0.2) is 9.84 Å². The molecule has 0 unspecified atom stereocenters. The molecule has 7 nitrogen and oxygen atoms in total. The highest BCUT2D eigenvalue weighted by Gasteiger charge is 2.24. The topological polar surface area (TPSA) is 101 Å². The second kappa shape index (κ2) is 9.76. The maximum Gasteiger partial charge on any atom is 0.248 e. The Kier molecular flexibility index (Phi) is 7.30. The number of amides is 1. The van der Waals surface area contributed by atoms with Crippen molar-refractivity contribution in [2.75, 3.05) is 24.7 Å². The number of anilines is 1. The Morgan fingerprint density at radius 3 is 2.13 bits per heavy atom. The van der Waals surface area contributed by atoms with Crippen LogP contribution in [-0.4, -0.2) is 46.4 Å². The molecule has 1 aliphatic rings. The van der Waals surface area contributed by atoms with Gasteiger partial charge in [0.1, 0.15) is 0 Å². The minimum atomic E-state index is -3.52. The van der Waals surface area contributed by atoms with Gasteiger partial charge < -0.3 is 5.32 Å². The van der Waals surface area contributed by atoms with Crippen molar-refractivity contribution >= 4 is 37.5 Å². The molecule has 9 heteroatoms. The summed E-state index contributed by atoms with van der Waals surface area (Å²) in [6, 6.07) is 12.5. The molecule has 1 N–H and O–H groups in total. The maximum absolute atomic E-state index is 12.8. The van der Waals surface area contributed by atoms with Crippen molar-refractivity contribution < 1.29 is 21.6 Å². The van der Waals surface area contributed by atoms with E-state index >= 15 is 0 Å². The number of para-hydroxylation sites is 1. The van der Waals surface area contributed by atoms with E-state index in [9.17, 15) is 21.6 Å². The number of hydrogen-bond donors (Lipinski definition) is 1. The van der Waals surface area contributed by atoms with Gasteiger partial charge in [-0.3, -0.25) is 4.79 Å². The van der Waals surface area contributed by atoms with Crippen LogP contribution in [0.15, 0.2) is 64.4 Å². The van der Waals surface area contributed by atoms with Crippen LogP contribution < -0.4 is 5.32 Å². The molecule has 2 aromatic carbocycles. The Morgan fingerprint density at radius 2 is 1.52 bits per heavy atom. The second-order valence-electron chi connectivity index (χ2n) is 7.48. The van der Waals surface area contributed by atoms with Gasteiger partial charge in [-0.25, -0.2) is 16.8 Å². The summed E-state index contributed by atoms with van der Waals surface area (Å²) in [7, 11) is -7.00. The third kappa shape index (κ3) is 6.03. The molecule has 0 bridgehead atoms. The lowest BCUT2D eigenvalue weighted by molar-refractivity contribution is -0.111. The lowest BCUT2D eigenvalue weighted by atomic mass is 10.2. The van der Waals surface area contributed by atoms with E-state index in [2.05, 4.69) is 5.32 Å². The van der Waals surface area contributed by atoms with Gasteiger partial charge in [0.2, 0.25) is 15.9 Å². The number of sulfonamides is 1. The number of carbonyl (C=O) groups excluding carboxylic acids is 1. The van der Waals surface area contributed by atoms with E-state index in [-0.39, 0.29) is 15.5 Å². The highest BCUT2D eigenvalue weighted by atomic mass is 32.2. The predicted molar refractivity (Wildman–Crippen MR) is 121 cm³/mol. The number of benzene rings is 2. The third-order valence-corrected chi connectivity index (χ3v) is 8.12. The standard InChI is InChI=1S/C22H26N2O5S2/c1-30(26,27)21-9-5-4-8-20(21)23-22(25)15-12-18-10-13-19(14-11-18)31(28,29)24-16-6-2-3-7-17-24/h4-5,8-15H,2-3,6-7,16-17H2,1H3,(H,23,25)/b15-12+. The summed E-state index contributed by atoms with van der Waals surface area (Å²) in [6.45, 7) is 1.08. The van der Waals surface area contributed by atoms with Crippen LogP contribution in [0.2, 0.25) is 0 Å². The monoisotopic (exact) mass is 462 g/mol. The molecular formula is C22H26N2O5S2. The van der Waals surface area contributed by atoms with Crippen LogP contribution in [0.5, 0.6) is 0 Å². The van der Waals surface area contributed by atoms with Gasteiger partial charge in [0, 0.05) is 25.4 Å². The number of carbonyl (C=O) groups is 1. The first-order valence-corrected chi connectivity index (χ1v) is 13.4. The van der Waals surface area contributed by atoms with Crippen molar-refractivity contribution in [2.45, 2.75) is 35.5 Å². The van der Waals surface area contributed by atoms with Crippen LogP contribution in [0.4, 0.5) is 5.69 Å². The molecule has 0 saturated carbocycles. The molecule has 1 fully saturated rings. The minimum absolute atomic E-state index is 0.0415. The summed E-state index contributed by atoms with van der Waals surface area (Å²) in [6.07, 6.45) is 7.74. The lowest BCUT2D eigenvalue weighted by Crippen LogP contribution is -2.31. The second-order valence-corrected chi connectivity index (χ2v) is 11.4. The fourth-order valence-corrected chi connectivity index (χ4v) is 5.78. The van der Waals surface area contributed by atoms with Gasteiger partial charge in [-0.1, -0.05) is 37.1 Å². The molecule has 0 spiro atoms. The number of sulfone groups is 1. The van der Waals surface area contributed by atoms with E-state index in [0.29, 0.717) is 18.7 Å². The average molecular weight is 463 g/mol. The highest BCUT2D eigenvalue weighted by molar-refractivity contribution is 7.91. The van der Waals surface area contributed by atoms with Gasteiger partial charge in [-0.15, -0.1) is 0 Å². The number of nitrogens with zero attached hydrogens (tertiary/aromatic N) is 1. The molecule has 31 heavy (non-hydrogen) atoms. The first-order valence-electron chi connectivity index (χ1n) is 10.1. The van der Waals surface area contributed by atoms with Crippen LogP contribution in [0.1, 0.15) is 31.2 Å². The predicted octanol–water partition coefficient (Wildman–Crippen LogP) is 3.31. The fourth-order valence-electron chi connectivity index (χ4n) is 3.42. The van der Waals surface area contributed by atoms with E-state index in [1.807, 2.05) is 0 Å². The molecule has 1 saturated heterocycles. The van der Waals surface area contributed by atoms with Crippen molar-refractivity contribution in [1.82, 2.24) is 4.31 Å². The third-order valence-electron chi connectivity index (χ3n) is 5.05. The molecular weight excluding hydrogens is 436 g/mol. The molecule has 1 heterocycles. The molecule has 0 atom stereocenters. The molecule has 2 aromatic rings. The zero-order valence-corrected chi connectivity index (χ0v) is 19.0. The number of nitrogens with one attached hydrogen (secondary N) is 1. The maximum atomic E-state index is 12.8. The molecule has 166 valence electrons. The lowest BCUT2D eigenvalue weighted by Gasteiger charge is -2.19. The van der Waals surface area contributed by atoms with Crippen molar-refractivity contribution in [3.63, 3.8) is 0 Å². The van der Waals surface area contributed by atoms with Crippen LogP contribution in [-0.2, 0) is 24.7 Å². The Labute approximate surface area is 183 Å². The van der Waals surface area contributed by atoms with Crippen LogP contribution in [0, 0.1) is 0 Å². The van der Waals surface area contributed by atoms with Crippen molar-refractivity contribution in [1.29, 1.82) is 0 Å². The Hall–Kier alpha value is -2.49. The van der Waals surface area contributed by atoms with Crippen molar-refractivity contribution in [2.24, 2.45) is 0 Å². The van der Waals surface area contributed by atoms with Crippen LogP contribution in [0.25, 0.3) is 6.08 Å². The van der Waals surface area contributed by atoms with Crippen LogP contribution >= 0.6 is 0 Å². The molecule has 1 aliphatic heterocycles. The molecule has 3 rings (SSSR count). The van der Waals surface area contributed by atoms with Gasteiger partial charge >= 0.3 is 0 Å². The summed E-state index contributed by atoms with van der Waals surface area (Å²) in [5, 5.41) is 2.56. The van der Waals surface area contributed by atoms with E-state index in [4.69, 9.17) is 0 Å². The van der Waals surface area contributed by atoms with E-state index in [1.54, 1.807) is 30.3 Å². The average Bonchev–Trinajstić information content (AvgIpc) is 3.02. The molecule has 0 aromatic heterocycles. The van der Waals surface area contributed by atoms with E-state index < -0.39 is 25.8 Å². The SMILES string of the molecule is CS(=O)(=O)c1ccccc1NC(=O)/C=C/c1ccc(S(=O)(=O)N2CCCCCC2)cc1. The minimum Gasteiger partial charge on any atom is -0.321 e. The Bertz CT molecular complexity index is 1160.